The number of ether oxygens (including phenoxy) is 1. The van der Waals surface area contributed by atoms with E-state index in [1.807, 2.05) is 42.2 Å². The molecular weight excluding hydrogens is 302 g/mol. The Bertz CT molecular complexity index is 939. The molecule has 0 spiro atoms. The fraction of sp³-hybridized carbons (Fsp3) is 0.263. The van der Waals surface area contributed by atoms with Crippen molar-refractivity contribution < 1.29 is 9.84 Å². The van der Waals surface area contributed by atoms with Crippen molar-refractivity contribution >= 4 is 23.1 Å². The van der Waals surface area contributed by atoms with Gasteiger partial charge in [0.1, 0.15) is 17.0 Å². The van der Waals surface area contributed by atoms with Gasteiger partial charge in [0.15, 0.2) is 0 Å². The topological polar surface area (TPSA) is 60.2 Å². The first-order chi connectivity index (χ1) is 11.7. The Balaban J connectivity index is 1.72. The van der Waals surface area contributed by atoms with Gasteiger partial charge in [0.25, 0.3) is 0 Å². The largest absolute Gasteiger partial charge is 0.506 e. The first-order valence-corrected chi connectivity index (χ1v) is 8.04. The molecule has 3 aromatic rings. The van der Waals surface area contributed by atoms with Crippen molar-refractivity contribution in [2.24, 2.45) is 7.05 Å². The van der Waals surface area contributed by atoms with Crippen LogP contribution in [0.1, 0.15) is 35.7 Å². The number of fused-ring (bicyclic) bond motifs is 1. The quantitative estimate of drug-likeness (QED) is 0.795. The van der Waals surface area contributed by atoms with Crippen LogP contribution < -0.4 is 4.74 Å². The van der Waals surface area contributed by atoms with E-state index in [2.05, 4.69) is 10.1 Å². The number of nitrogens with zero attached hydrogens (tertiary/aromatic N) is 3. The smallest absolute Gasteiger partial charge is 0.142 e. The van der Waals surface area contributed by atoms with Crippen LogP contribution in [0.2, 0.25) is 0 Å². The van der Waals surface area contributed by atoms with Crippen LogP contribution in [-0.2, 0) is 7.05 Å². The predicted octanol–water partition coefficient (Wildman–Crippen LogP) is 3.73. The number of aromatic nitrogens is 3. The molecule has 1 fully saturated rings. The van der Waals surface area contributed by atoms with E-state index in [0.29, 0.717) is 17.2 Å². The lowest BCUT2D eigenvalue weighted by atomic mass is 10.1. The summed E-state index contributed by atoms with van der Waals surface area (Å²) in [4.78, 5) is 4.56. The standard InChI is InChI=1S/C19H19N3O2/c1-22-16(15(11-20-22)12-3-4-12)8-6-13-5-7-14-18(24-2)10-9-17(23)19(14)21-13/h5-12,23H,3-4H2,1-2H3/b8-6+. The van der Waals surface area contributed by atoms with Gasteiger partial charge in [0, 0.05) is 18.0 Å². The van der Waals surface area contributed by atoms with Crippen LogP contribution in [0.5, 0.6) is 11.5 Å². The fourth-order valence-corrected chi connectivity index (χ4v) is 3.00. The average Bonchev–Trinajstić information content (AvgIpc) is 3.37. The average molecular weight is 321 g/mol. The highest BCUT2D eigenvalue weighted by molar-refractivity contribution is 5.90. The maximum absolute atomic E-state index is 10.1. The van der Waals surface area contributed by atoms with E-state index in [-0.39, 0.29) is 5.75 Å². The van der Waals surface area contributed by atoms with Crippen LogP contribution in [-0.4, -0.2) is 27.0 Å². The summed E-state index contributed by atoms with van der Waals surface area (Å²) < 4.78 is 7.22. The van der Waals surface area contributed by atoms with Crippen LogP contribution in [0.15, 0.2) is 30.5 Å². The Morgan fingerprint density at radius 2 is 2.04 bits per heavy atom. The molecule has 1 aromatic carbocycles. The molecule has 1 N–H and O–H groups in total. The molecule has 4 rings (SSSR count). The van der Waals surface area contributed by atoms with Crippen molar-refractivity contribution in [2.75, 3.05) is 7.11 Å². The number of hydrogen-bond acceptors (Lipinski definition) is 4. The normalized spacial score (nSPS) is 14.6. The van der Waals surface area contributed by atoms with Gasteiger partial charge in [0.2, 0.25) is 0 Å². The summed E-state index contributed by atoms with van der Waals surface area (Å²) in [5, 5.41) is 15.2. The fourth-order valence-electron chi connectivity index (χ4n) is 3.00. The maximum Gasteiger partial charge on any atom is 0.142 e. The summed E-state index contributed by atoms with van der Waals surface area (Å²) in [6.07, 6.45) is 8.46. The number of benzene rings is 1. The van der Waals surface area contributed by atoms with Crippen LogP contribution in [0, 0.1) is 0 Å². The van der Waals surface area contributed by atoms with Gasteiger partial charge in [-0.15, -0.1) is 0 Å². The minimum atomic E-state index is 0.153. The molecule has 122 valence electrons. The van der Waals surface area contributed by atoms with Gasteiger partial charge in [-0.2, -0.15) is 5.10 Å². The summed E-state index contributed by atoms with van der Waals surface area (Å²) in [6, 6.07) is 7.19. The zero-order chi connectivity index (χ0) is 16.7. The molecule has 0 unspecified atom stereocenters. The van der Waals surface area contributed by atoms with Crippen molar-refractivity contribution in [2.45, 2.75) is 18.8 Å². The molecule has 0 atom stereocenters. The molecule has 0 bridgehead atoms. The van der Waals surface area contributed by atoms with E-state index in [0.717, 1.165) is 16.8 Å². The lowest BCUT2D eigenvalue weighted by Crippen LogP contribution is -1.94. The number of hydrogen-bond donors (Lipinski definition) is 1. The molecular formula is C19H19N3O2. The molecule has 2 aromatic heterocycles. The third-order valence-corrected chi connectivity index (χ3v) is 4.48. The second-order valence-corrected chi connectivity index (χ2v) is 6.14. The van der Waals surface area contributed by atoms with Crippen molar-refractivity contribution in [1.29, 1.82) is 0 Å². The second-order valence-electron chi connectivity index (χ2n) is 6.14. The number of methoxy groups -OCH3 is 1. The number of phenols is 1. The van der Waals surface area contributed by atoms with E-state index in [1.165, 1.54) is 18.4 Å². The van der Waals surface area contributed by atoms with Gasteiger partial charge >= 0.3 is 0 Å². The second kappa shape index (κ2) is 5.67. The Morgan fingerprint density at radius 1 is 1.21 bits per heavy atom. The number of rotatable bonds is 4. The summed E-state index contributed by atoms with van der Waals surface area (Å²) in [5.74, 6) is 1.50. The SMILES string of the molecule is COc1ccc(O)c2nc(/C=C/c3c(C4CC4)cnn3C)ccc12. The summed E-state index contributed by atoms with van der Waals surface area (Å²) >= 11 is 0. The third kappa shape index (κ3) is 2.52. The van der Waals surface area contributed by atoms with E-state index in [4.69, 9.17) is 4.74 Å². The van der Waals surface area contributed by atoms with Crippen molar-refractivity contribution in [3.8, 4) is 11.5 Å². The Morgan fingerprint density at radius 3 is 2.79 bits per heavy atom. The number of aryl methyl sites for hydroxylation is 1. The minimum absolute atomic E-state index is 0.153. The van der Waals surface area contributed by atoms with Crippen molar-refractivity contribution in [3.63, 3.8) is 0 Å². The Kier molecular flexibility index (Phi) is 3.49. The zero-order valence-corrected chi connectivity index (χ0v) is 13.7. The van der Waals surface area contributed by atoms with E-state index < -0.39 is 0 Å². The van der Waals surface area contributed by atoms with Crippen LogP contribution in [0.3, 0.4) is 0 Å². The molecule has 5 nitrogen and oxygen atoms in total. The first-order valence-electron chi connectivity index (χ1n) is 8.04. The van der Waals surface area contributed by atoms with E-state index in [9.17, 15) is 5.11 Å². The molecule has 1 saturated carbocycles. The van der Waals surface area contributed by atoms with Crippen LogP contribution >= 0.6 is 0 Å². The molecule has 24 heavy (non-hydrogen) atoms. The van der Waals surface area contributed by atoms with E-state index >= 15 is 0 Å². The lowest BCUT2D eigenvalue weighted by Gasteiger charge is -2.07. The van der Waals surface area contributed by atoms with Gasteiger partial charge < -0.3 is 9.84 Å². The summed E-state index contributed by atoms with van der Waals surface area (Å²) in [7, 11) is 3.57. The minimum Gasteiger partial charge on any atom is -0.506 e. The van der Waals surface area contributed by atoms with Gasteiger partial charge in [-0.3, -0.25) is 4.68 Å². The molecule has 5 heteroatoms. The first kappa shape index (κ1) is 14.8. The zero-order valence-electron chi connectivity index (χ0n) is 13.7. The van der Waals surface area contributed by atoms with E-state index in [1.54, 1.807) is 19.2 Å². The molecule has 0 amide bonds. The maximum atomic E-state index is 10.1. The van der Waals surface area contributed by atoms with Gasteiger partial charge in [-0.25, -0.2) is 4.98 Å². The number of phenolic OH excluding ortho intramolecular Hbond substituents is 1. The summed E-state index contributed by atoms with van der Waals surface area (Å²) in [6.45, 7) is 0. The monoisotopic (exact) mass is 321 g/mol. The number of aromatic hydroxyl groups is 1. The molecule has 0 aliphatic heterocycles. The molecule has 0 radical (unpaired) electrons. The van der Waals surface area contributed by atoms with Crippen LogP contribution in [0.25, 0.3) is 23.1 Å². The van der Waals surface area contributed by atoms with Gasteiger partial charge in [-0.05, 0) is 55.2 Å². The molecule has 1 aliphatic carbocycles. The van der Waals surface area contributed by atoms with Gasteiger partial charge in [-0.1, -0.05) is 0 Å². The lowest BCUT2D eigenvalue weighted by molar-refractivity contribution is 0.418. The molecule has 1 aliphatic rings. The summed E-state index contributed by atoms with van der Waals surface area (Å²) in [5.41, 5.74) is 3.76. The predicted molar refractivity (Wildman–Crippen MR) is 94.1 cm³/mol. The highest BCUT2D eigenvalue weighted by atomic mass is 16.5. The Labute approximate surface area is 140 Å². The van der Waals surface area contributed by atoms with Gasteiger partial charge in [0.05, 0.1) is 24.7 Å². The number of pyridine rings is 1. The van der Waals surface area contributed by atoms with Crippen molar-refractivity contribution in [3.05, 3.63) is 47.4 Å². The molecule has 2 heterocycles. The third-order valence-electron chi connectivity index (χ3n) is 4.48. The van der Waals surface area contributed by atoms with Crippen LogP contribution in [0.4, 0.5) is 0 Å². The highest BCUT2D eigenvalue weighted by Crippen LogP contribution is 2.41. The highest BCUT2D eigenvalue weighted by Gasteiger charge is 2.27. The van der Waals surface area contributed by atoms with Crippen molar-refractivity contribution in [1.82, 2.24) is 14.8 Å². The molecule has 0 saturated heterocycles. The Hall–Kier alpha value is -2.82.